The molecular formula is C24H27BrN2O6. The highest BCUT2D eigenvalue weighted by atomic mass is 79.9. The van der Waals surface area contributed by atoms with Crippen LogP contribution in [0.5, 0.6) is 5.75 Å². The Kier molecular flexibility index (Phi) is 7.63. The quantitative estimate of drug-likeness (QED) is 0.595. The van der Waals surface area contributed by atoms with Crippen LogP contribution in [0.4, 0.5) is 4.79 Å². The molecule has 0 aromatic heterocycles. The van der Waals surface area contributed by atoms with Crippen LogP contribution < -0.4 is 10.1 Å². The van der Waals surface area contributed by atoms with Gasteiger partial charge >= 0.3 is 12.1 Å². The minimum Gasteiger partial charge on any atom is -0.488 e. The lowest BCUT2D eigenvalue weighted by Crippen LogP contribution is -2.49. The van der Waals surface area contributed by atoms with Gasteiger partial charge in [-0.2, -0.15) is 0 Å². The minimum atomic E-state index is -1.24. The summed E-state index contributed by atoms with van der Waals surface area (Å²) in [5.41, 5.74) is -0.320. The van der Waals surface area contributed by atoms with Crippen LogP contribution in [0.2, 0.25) is 0 Å². The number of hydrogen-bond donors (Lipinski definition) is 2. The number of nitrogens with zero attached hydrogens (tertiary/aromatic N) is 1. The molecule has 2 amide bonds. The summed E-state index contributed by atoms with van der Waals surface area (Å²) >= 11 is 3.37. The fraction of sp³-hybridized carbons (Fsp3) is 0.375. The molecule has 1 heterocycles. The normalized spacial score (nSPS) is 19.0. The second kappa shape index (κ2) is 10.2. The van der Waals surface area contributed by atoms with Crippen molar-refractivity contribution >= 4 is 33.9 Å². The van der Waals surface area contributed by atoms with E-state index in [0.717, 1.165) is 4.47 Å². The van der Waals surface area contributed by atoms with E-state index in [0.29, 0.717) is 11.3 Å². The van der Waals surface area contributed by atoms with Gasteiger partial charge in [-0.15, -0.1) is 0 Å². The van der Waals surface area contributed by atoms with Crippen LogP contribution >= 0.6 is 15.9 Å². The third-order valence-electron chi connectivity index (χ3n) is 4.98. The Labute approximate surface area is 201 Å². The largest absolute Gasteiger partial charge is 0.488 e. The number of rotatable bonds is 6. The molecule has 0 saturated carbocycles. The molecule has 8 nitrogen and oxygen atoms in total. The zero-order valence-electron chi connectivity index (χ0n) is 18.7. The van der Waals surface area contributed by atoms with Gasteiger partial charge in [0.1, 0.15) is 23.5 Å². The van der Waals surface area contributed by atoms with E-state index >= 15 is 0 Å². The number of benzene rings is 2. The minimum absolute atomic E-state index is 0.131. The van der Waals surface area contributed by atoms with Crippen molar-refractivity contribution < 1.29 is 29.0 Å². The van der Waals surface area contributed by atoms with E-state index in [9.17, 15) is 19.5 Å². The smallest absolute Gasteiger partial charge is 0.411 e. The molecule has 3 atom stereocenters. The molecule has 2 aromatic carbocycles. The maximum Gasteiger partial charge on any atom is 0.411 e. The van der Waals surface area contributed by atoms with Crippen molar-refractivity contribution in [1.82, 2.24) is 10.2 Å². The number of carboxylic acid groups (broad SMARTS) is 1. The van der Waals surface area contributed by atoms with Crippen LogP contribution in [0.15, 0.2) is 59.1 Å². The van der Waals surface area contributed by atoms with Gasteiger partial charge in [-0.05, 0) is 50.6 Å². The Hall–Kier alpha value is -3.07. The summed E-state index contributed by atoms with van der Waals surface area (Å²) in [4.78, 5) is 39.2. The van der Waals surface area contributed by atoms with E-state index in [1.807, 2.05) is 12.1 Å². The van der Waals surface area contributed by atoms with E-state index in [4.69, 9.17) is 9.47 Å². The van der Waals surface area contributed by atoms with Crippen LogP contribution in [0.3, 0.4) is 0 Å². The molecule has 0 spiro atoms. The van der Waals surface area contributed by atoms with E-state index in [-0.39, 0.29) is 13.0 Å². The third kappa shape index (κ3) is 6.71. The lowest BCUT2D eigenvalue weighted by atomic mass is 10.1. The highest BCUT2D eigenvalue weighted by Crippen LogP contribution is 2.27. The molecule has 2 aromatic rings. The number of carboxylic acids is 1. The van der Waals surface area contributed by atoms with E-state index in [1.54, 1.807) is 63.2 Å². The predicted molar refractivity (Wildman–Crippen MR) is 125 cm³/mol. The molecule has 0 unspecified atom stereocenters. The maximum atomic E-state index is 13.2. The zero-order chi connectivity index (χ0) is 24.2. The number of carbonyl (C=O) groups is 3. The Morgan fingerprint density at radius 1 is 1.09 bits per heavy atom. The molecule has 33 heavy (non-hydrogen) atoms. The van der Waals surface area contributed by atoms with Crippen LogP contribution in [0, 0.1) is 0 Å². The third-order valence-corrected chi connectivity index (χ3v) is 5.50. The summed E-state index contributed by atoms with van der Waals surface area (Å²) in [6.07, 6.45) is -0.923. The number of hydrogen-bond acceptors (Lipinski definition) is 5. The topological polar surface area (TPSA) is 105 Å². The number of aliphatic carboxylic acids is 1. The first-order chi connectivity index (χ1) is 15.5. The van der Waals surface area contributed by atoms with Crippen molar-refractivity contribution in [3.05, 3.63) is 64.6 Å². The molecular weight excluding hydrogens is 492 g/mol. The van der Waals surface area contributed by atoms with Gasteiger partial charge in [0.05, 0.1) is 6.54 Å². The first-order valence-electron chi connectivity index (χ1n) is 10.5. The fourth-order valence-corrected chi connectivity index (χ4v) is 3.80. The maximum absolute atomic E-state index is 13.2. The van der Waals surface area contributed by atoms with Crippen LogP contribution in [-0.2, 0) is 14.3 Å². The van der Waals surface area contributed by atoms with E-state index in [1.165, 1.54) is 4.90 Å². The Bertz CT molecular complexity index is 990. The van der Waals surface area contributed by atoms with Gasteiger partial charge in [0.15, 0.2) is 6.04 Å². The molecule has 1 fully saturated rings. The molecule has 176 valence electrons. The van der Waals surface area contributed by atoms with Gasteiger partial charge < -0.3 is 19.9 Å². The highest BCUT2D eigenvalue weighted by molar-refractivity contribution is 9.10. The van der Waals surface area contributed by atoms with Crippen molar-refractivity contribution in [3.8, 4) is 5.75 Å². The monoisotopic (exact) mass is 518 g/mol. The number of carbonyl (C=O) groups excluding carboxylic acids is 2. The Morgan fingerprint density at radius 2 is 1.73 bits per heavy atom. The SMILES string of the molecule is CC(C)(C)OC(=O)N1C[C@@H](Oc2ccc(Br)cc2)C[C@H]1C(=O)N[C@H](C(=O)O)c1ccccc1. The molecule has 1 saturated heterocycles. The molecule has 1 aliphatic rings. The zero-order valence-corrected chi connectivity index (χ0v) is 20.2. The van der Waals surface area contributed by atoms with Crippen LogP contribution in [-0.4, -0.2) is 52.3 Å². The number of halogens is 1. The fourth-order valence-electron chi connectivity index (χ4n) is 3.53. The molecule has 0 aliphatic carbocycles. The second-order valence-corrected chi connectivity index (χ2v) is 9.68. The lowest BCUT2D eigenvalue weighted by Gasteiger charge is -2.28. The van der Waals surface area contributed by atoms with Crippen LogP contribution in [0.1, 0.15) is 38.8 Å². The first-order valence-corrected chi connectivity index (χ1v) is 11.3. The molecule has 0 bridgehead atoms. The summed E-state index contributed by atoms with van der Waals surface area (Å²) in [7, 11) is 0. The number of nitrogens with one attached hydrogen (secondary N) is 1. The predicted octanol–water partition coefficient (Wildman–Crippen LogP) is 4.15. The van der Waals surface area contributed by atoms with Crippen molar-refractivity contribution in [2.45, 2.75) is 51.0 Å². The van der Waals surface area contributed by atoms with Gasteiger partial charge in [0, 0.05) is 10.9 Å². The summed E-state index contributed by atoms with van der Waals surface area (Å²) in [6, 6.07) is 13.4. The van der Waals surface area contributed by atoms with Gasteiger partial charge in [0.2, 0.25) is 5.91 Å². The van der Waals surface area contributed by atoms with Crippen LogP contribution in [0.25, 0.3) is 0 Å². The summed E-state index contributed by atoms with van der Waals surface area (Å²) in [5, 5.41) is 12.2. The molecule has 0 radical (unpaired) electrons. The van der Waals surface area contributed by atoms with Gasteiger partial charge in [-0.25, -0.2) is 9.59 Å². The molecule has 2 N–H and O–H groups in total. The van der Waals surface area contributed by atoms with Crippen molar-refractivity contribution in [2.24, 2.45) is 0 Å². The van der Waals surface area contributed by atoms with E-state index in [2.05, 4.69) is 21.2 Å². The summed E-state index contributed by atoms with van der Waals surface area (Å²) in [6.45, 7) is 5.34. The average Bonchev–Trinajstić information content (AvgIpc) is 3.17. The molecule has 3 rings (SSSR count). The van der Waals surface area contributed by atoms with Gasteiger partial charge in [-0.3, -0.25) is 9.69 Å². The van der Waals surface area contributed by atoms with E-state index < -0.39 is 41.8 Å². The summed E-state index contributed by atoms with van der Waals surface area (Å²) in [5.74, 6) is -1.18. The molecule has 9 heteroatoms. The standard InChI is InChI=1S/C24H27BrN2O6/c1-24(2,3)33-23(31)27-14-18(32-17-11-9-16(25)10-12-17)13-19(27)21(28)26-20(22(29)30)15-7-5-4-6-8-15/h4-12,18-20H,13-14H2,1-3H3,(H,26,28)(H,29,30)/t18-,19-,20-/m0/s1. The van der Waals surface area contributed by atoms with Crippen molar-refractivity contribution in [2.75, 3.05) is 6.54 Å². The van der Waals surface area contributed by atoms with Crippen molar-refractivity contribution in [1.29, 1.82) is 0 Å². The van der Waals surface area contributed by atoms with Gasteiger partial charge in [-0.1, -0.05) is 46.3 Å². The van der Waals surface area contributed by atoms with Gasteiger partial charge in [0.25, 0.3) is 0 Å². The Balaban J connectivity index is 1.80. The Morgan fingerprint density at radius 3 is 2.30 bits per heavy atom. The second-order valence-electron chi connectivity index (χ2n) is 8.77. The lowest BCUT2D eigenvalue weighted by molar-refractivity contribution is -0.142. The average molecular weight is 519 g/mol. The number of amides is 2. The van der Waals surface area contributed by atoms with Crippen molar-refractivity contribution in [3.63, 3.8) is 0 Å². The molecule has 1 aliphatic heterocycles. The summed E-state index contributed by atoms with van der Waals surface area (Å²) < 4.78 is 12.4. The number of ether oxygens (including phenoxy) is 2. The highest BCUT2D eigenvalue weighted by Gasteiger charge is 2.43. The number of likely N-dealkylation sites (tertiary alicyclic amines) is 1. The first kappa shape index (κ1) is 24.6.